The van der Waals surface area contributed by atoms with E-state index in [1.165, 1.54) is 21.1 Å². The summed E-state index contributed by atoms with van der Waals surface area (Å²) in [5.74, 6) is 0. The third kappa shape index (κ3) is 41.8. The van der Waals surface area contributed by atoms with Crippen LogP contribution in [0.2, 0.25) is 0 Å². The van der Waals surface area contributed by atoms with Crippen LogP contribution in [0.3, 0.4) is 0 Å². The van der Waals surface area contributed by atoms with Gasteiger partial charge in [-0.25, -0.2) is 0 Å². The van der Waals surface area contributed by atoms with E-state index in [-0.39, 0.29) is 4.48 Å². The predicted molar refractivity (Wildman–Crippen MR) is 39.1 cm³/mol. The predicted octanol–water partition coefficient (Wildman–Crippen LogP) is 2.55. The standard InChI is InChI=1S/C5H11F3N.BF4/c1-9(2,3)4-5(6,7)8;2-1(3,4)5/h4H2,1-3H3;/q+1;-1. The molecule has 0 fully saturated rings. The molecule has 0 aromatic carbocycles. The fourth-order valence-corrected chi connectivity index (χ4v) is 0.538. The van der Waals surface area contributed by atoms with Crippen molar-refractivity contribution in [3.63, 3.8) is 0 Å². The Bertz CT molecular complexity index is 137. The molecule has 0 amide bonds. The fraction of sp³-hybridized carbons (Fsp3) is 1.00. The molecule has 0 atom stereocenters. The van der Waals surface area contributed by atoms with Crippen LogP contribution >= 0.6 is 0 Å². The lowest BCUT2D eigenvalue weighted by molar-refractivity contribution is -0.881. The lowest BCUT2D eigenvalue weighted by Gasteiger charge is -2.24. The second-order valence-electron chi connectivity index (χ2n) is 3.56. The minimum absolute atomic E-state index is 0.0660. The number of nitrogens with zero attached hydrogens (tertiary/aromatic N) is 1. The highest BCUT2D eigenvalue weighted by molar-refractivity contribution is 6.50. The van der Waals surface area contributed by atoms with Crippen LogP contribution in [0, 0.1) is 0 Å². The minimum atomic E-state index is -6.00. The van der Waals surface area contributed by atoms with Crippen LogP contribution in [0.25, 0.3) is 0 Å². The van der Waals surface area contributed by atoms with Crippen molar-refractivity contribution in [3.05, 3.63) is 0 Å². The van der Waals surface area contributed by atoms with Crippen molar-refractivity contribution in [3.8, 4) is 0 Å². The maximum absolute atomic E-state index is 11.5. The molecule has 0 bridgehead atoms. The highest BCUT2D eigenvalue weighted by Crippen LogP contribution is 2.17. The molecule has 88 valence electrons. The van der Waals surface area contributed by atoms with Crippen LogP contribution < -0.4 is 0 Å². The largest absolute Gasteiger partial charge is 0.673 e. The molecule has 0 saturated heterocycles. The average Bonchev–Trinajstić information content (AvgIpc) is 1.42. The first-order valence-electron chi connectivity index (χ1n) is 3.45. The van der Waals surface area contributed by atoms with Crippen molar-refractivity contribution in [1.29, 1.82) is 0 Å². The van der Waals surface area contributed by atoms with Gasteiger partial charge < -0.3 is 21.7 Å². The Kier molecular flexibility index (Phi) is 5.54. The summed E-state index contributed by atoms with van der Waals surface area (Å²) in [5, 5.41) is 0. The van der Waals surface area contributed by atoms with Crippen molar-refractivity contribution < 1.29 is 34.9 Å². The van der Waals surface area contributed by atoms with Gasteiger partial charge in [0.2, 0.25) is 0 Å². The second-order valence-corrected chi connectivity index (χ2v) is 3.56. The molecule has 0 aromatic rings. The summed E-state index contributed by atoms with van der Waals surface area (Å²) in [5.41, 5.74) is 0. The molecule has 0 aliphatic rings. The number of hydrogen-bond acceptors (Lipinski definition) is 0. The van der Waals surface area contributed by atoms with Gasteiger partial charge in [-0.1, -0.05) is 0 Å². The lowest BCUT2D eigenvalue weighted by atomic mass is 10.3. The molecule has 0 radical (unpaired) electrons. The summed E-state index contributed by atoms with van der Waals surface area (Å²) in [7, 11) is -1.48. The van der Waals surface area contributed by atoms with Gasteiger partial charge in [-0.05, 0) is 0 Å². The smallest absolute Gasteiger partial charge is 0.418 e. The number of halogens is 7. The van der Waals surface area contributed by atoms with E-state index in [0.29, 0.717) is 0 Å². The minimum Gasteiger partial charge on any atom is -0.418 e. The van der Waals surface area contributed by atoms with Gasteiger partial charge in [0.25, 0.3) is 0 Å². The number of alkyl halides is 3. The monoisotopic (exact) mass is 229 g/mol. The fourth-order valence-electron chi connectivity index (χ4n) is 0.538. The lowest BCUT2D eigenvalue weighted by Crippen LogP contribution is -2.42. The zero-order valence-corrected chi connectivity index (χ0v) is 7.88. The molecule has 0 aliphatic heterocycles. The summed E-state index contributed by atoms with van der Waals surface area (Å²) in [6, 6.07) is 0. The van der Waals surface area contributed by atoms with Crippen molar-refractivity contribution >= 4 is 7.25 Å². The van der Waals surface area contributed by atoms with E-state index in [4.69, 9.17) is 0 Å². The van der Waals surface area contributed by atoms with E-state index >= 15 is 0 Å². The Labute approximate surface area is 77.2 Å². The van der Waals surface area contributed by atoms with Crippen molar-refractivity contribution in [2.45, 2.75) is 6.18 Å². The zero-order valence-electron chi connectivity index (χ0n) is 7.88. The van der Waals surface area contributed by atoms with Crippen LogP contribution in [0.5, 0.6) is 0 Å². The molecule has 0 aromatic heterocycles. The van der Waals surface area contributed by atoms with Crippen LogP contribution in [-0.4, -0.2) is 45.6 Å². The maximum Gasteiger partial charge on any atom is 0.673 e. The van der Waals surface area contributed by atoms with Crippen LogP contribution in [-0.2, 0) is 0 Å². The van der Waals surface area contributed by atoms with Gasteiger partial charge in [0.05, 0.1) is 21.1 Å². The molecule has 0 unspecified atom stereocenters. The van der Waals surface area contributed by atoms with Gasteiger partial charge in [0, 0.05) is 0 Å². The van der Waals surface area contributed by atoms with Crippen molar-refractivity contribution in [2.75, 3.05) is 27.7 Å². The van der Waals surface area contributed by atoms with Crippen LogP contribution in [0.4, 0.5) is 30.4 Å². The van der Waals surface area contributed by atoms with Gasteiger partial charge >= 0.3 is 13.4 Å². The molecule has 0 rings (SSSR count). The van der Waals surface area contributed by atoms with E-state index in [9.17, 15) is 30.4 Å². The van der Waals surface area contributed by atoms with Crippen molar-refractivity contribution in [2.24, 2.45) is 0 Å². The third-order valence-corrected chi connectivity index (χ3v) is 0.654. The molecule has 0 aliphatic carbocycles. The number of rotatable bonds is 1. The molecule has 0 N–H and O–H groups in total. The first-order valence-corrected chi connectivity index (χ1v) is 3.45. The van der Waals surface area contributed by atoms with Gasteiger partial charge in [-0.15, -0.1) is 0 Å². The topological polar surface area (TPSA) is 0 Å². The molecule has 14 heavy (non-hydrogen) atoms. The highest BCUT2D eigenvalue weighted by atomic mass is 19.5. The van der Waals surface area contributed by atoms with E-state index in [1.54, 1.807) is 0 Å². The summed E-state index contributed by atoms with van der Waals surface area (Å²) in [4.78, 5) is 0. The van der Waals surface area contributed by atoms with Crippen molar-refractivity contribution in [1.82, 2.24) is 0 Å². The SMILES string of the molecule is C[N+](C)(C)CC(F)(F)F.F[B-](F)(F)F. The molecular weight excluding hydrogens is 218 g/mol. The first kappa shape index (κ1) is 16.0. The van der Waals surface area contributed by atoms with Gasteiger partial charge in [0.1, 0.15) is 0 Å². The average molecular weight is 229 g/mol. The summed E-state index contributed by atoms with van der Waals surface area (Å²) in [6.45, 7) is -0.771. The van der Waals surface area contributed by atoms with Gasteiger partial charge in [0.15, 0.2) is 6.54 Å². The first-order chi connectivity index (χ1) is 5.71. The Balaban J connectivity index is 0. The molecule has 0 saturated carbocycles. The zero-order chi connectivity index (χ0) is 12.2. The molecule has 0 heterocycles. The Hall–Kier alpha value is -0.465. The van der Waals surface area contributed by atoms with Gasteiger partial charge in [-0.2, -0.15) is 13.2 Å². The maximum atomic E-state index is 11.5. The highest BCUT2D eigenvalue weighted by Gasteiger charge is 2.34. The third-order valence-electron chi connectivity index (χ3n) is 0.654. The second kappa shape index (κ2) is 4.85. The Morgan fingerprint density at radius 1 is 0.929 bits per heavy atom. The van der Waals surface area contributed by atoms with Crippen LogP contribution in [0.1, 0.15) is 0 Å². The van der Waals surface area contributed by atoms with Gasteiger partial charge in [-0.3, -0.25) is 0 Å². The van der Waals surface area contributed by atoms with E-state index in [2.05, 4.69) is 0 Å². The van der Waals surface area contributed by atoms with E-state index in [1.807, 2.05) is 0 Å². The molecule has 0 spiro atoms. The molecule has 9 heteroatoms. The van der Waals surface area contributed by atoms with Crippen LogP contribution in [0.15, 0.2) is 0 Å². The molecular formula is C5H11BF7N. The Morgan fingerprint density at radius 2 is 1.14 bits per heavy atom. The normalized spacial score (nSPS) is 13.3. The number of quaternary nitrogens is 1. The summed E-state index contributed by atoms with van der Waals surface area (Å²) < 4.78 is 73.5. The quantitative estimate of drug-likeness (QED) is 0.368. The van der Waals surface area contributed by atoms with E-state index in [0.717, 1.165) is 0 Å². The number of hydrogen-bond donors (Lipinski definition) is 0. The Morgan fingerprint density at radius 3 is 1.14 bits per heavy atom. The molecule has 1 nitrogen and oxygen atoms in total. The van der Waals surface area contributed by atoms with E-state index < -0.39 is 20.0 Å². The summed E-state index contributed by atoms with van der Waals surface area (Å²) in [6.07, 6.45) is -4.04. The summed E-state index contributed by atoms with van der Waals surface area (Å²) >= 11 is 0.